The molecule has 2 aromatic heterocycles. The highest BCUT2D eigenvalue weighted by atomic mass is 35.5. The Morgan fingerprint density at radius 2 is 2.08 bits per heavy atom. The second-order valence-corrected chi connectivity index (χ2v) is 7.04. The van der Waals surface area contributed by atoms with E-state index in [0.717, 1.165) is 41.9 Å². The van der Waals surface area contributed by atoms with E-state index in [-0.39, 0.29) is 6.61 Å². The smallest absolute Gasteiger partial charge is 0.137 e. The average Bonchev–Trinajstić information content (AvgIpc) is 3.04. The predicted molar refractivity (Wildman–Crippen MR) is 105 cm³/mol. The SMILES string of the molecule is COc1cc(CO)c(-c2cn3ccc(CCCN(C)C)cc3n2)cc1Cl. The molecule has 0 saturated carbocycles. The van der Waals surface area contributed by atoms with Gasteiger partial charge in [-0.1, -0.05) is 11.6 Å². The lowest BCUT2D eigenvalue weighted by Crippen LogP contribution is -2.13. The van der Waals surface area contributed by atoms with Gasteiger partial charge in [-0.3, -0.25) is 0 Å². The number of aliphatic hydroxyl groups excluding tert-OH is 1. The molecule has 2 heterocycles. The van der Waals surface area contributed by atoms with Crippen LogP contribution in [0, 0.1) is 0 Å². The molecule has 0 saturated heterocycles. The fourth-order valence-electron chi connectivity index (χ4n) is 3.03. The van der Waals surface area contributed by atoms with Crippen LogP contribution in [0.3, 0.4) is 0 Å². The van der Waals surface area contributed by atoms with Crippen molar-refractivity contribution in [1.29, 1.82) is 0 Å². The molecule has 26 heavy (non-hydrogen) atoms. The van der Waals surface area contributed by atoms with Gasteiger partial charge < -0.3 is 19.1 Å². The molecule has 0 spiro atoms. The number of nitrogens with zero attached hydrogens (tertiary/aromatic N) is 3. The molecule has 1 N–H and O–H groups in total. The molecule has 0 atom stereocenters. The molecular formula is C20H24ClN3O2. The lowest BCUT2D eigenvalue weighted by molar-refractivity contribution is 0.281. The third kappa shape index (κ3) is 4.01. The molecule has 6 heteroatoms. The first-order chi connectivity index (χ1) is 12.5. The molecule has 138 valence electrons. The van der Waals surface area contributed by atoms with Gasteiger partial charge in [0.05, 0.1) is 24.4 Å². The molecule has 3 rings (SSSR count). The zero-order valence-corrected chi connectivity index (χ0v) is 16.1. The second-order valence-electron chi connectivity index (χ2n) is 6.64. The van der Waals surface area contributed by atoms with Crippen molar-refractivity contribution in [3.63, 3.8) is 0 Å². The van der Waals surface area contributed by atoms with Crippen molar-refractivity contribution in [2.75, 3.05) is 27.7 Å². The van der Waals surface area contributed by atoms with Crippen molar-refractivity contribution in [2.24, 2.45) is 0 Å². The van der Waals surface area contributed by atoms with Crippen LogP contribution < -0.4 is 4.74 Å². The maximum absolute atomic E-state index is 9.71. The van der Waals surface area contributed by atoms with Gasteiger partial charge in [-0.05, 0) is 68.9 Å². The van der Waals surface area contributed by atoms with E-state index < -0.39 is 0 Å². The number of fused-ring (bicyclic) bond motifs is 1. The van der Waals surface area contributed by atoms with Crippen LogP contribution in [0.1, 0.15) is 17.5 Å². The van der Waals surface area contributed by atoms with Crippen LogP contribution in [0.4, 0.5) is 0 Å². The van der Waals surface area contributed by atoms with Gasteiger partial charge in [0.1, 0.15) is 11.4 Å². The van der Waals surface area contributed by atoms with E-state index in [1.54, 1.807) is 19.2 Å². The fraction of sp³-hybridized carbons (Fsp3) is 0.350. The van der Waals surface area contributed by atoms with E-state index in [0.29, 0.717) is 10.8 Å². The number of aryl methyl sites for hydroxylation is 1. The molecule has 0 bridgehead atoms. The summed E-state index contributed by atoms with van der Waals surface area (Å²) in [6.45, 7) is 0.960. The van der Waals surface area contributed by atoms with Crippen LogP contribution in [0.2, 0.25) is 5.02 Å². The van der Waals surface area contributed by atoms with Crippen molar-refractivity contribution in [3.05, 3.63) is 52.8 Å². The molecule has 0 amide bonds. The first kappa shape index (κ1) is 18.7. The molecular weight excluding hydrogens is 350 g/mol. The van der Waals surface area contributed by atoms with Crippen molar-refractivity contribution in [3.8, 4) is 17.0 Å². The first-order valence-corrected chi connectivity index (χ1v) is 8.99. The molecule has 5 nitrogen and oxygen atoms in total. The van der Waals surface area contributed by atoms with Crippen molar-refractivity contribution < 1.29 is 9.84 Å². The Hall–Kier alpha value is -2.08. The van der Waals surface area contributed by atoms with E-state index in [1.807, 2.05) is 16.8 Å². The Labute approximate surface area is 158 Å². The van der Waals surface area contributed by atoms with E-state index in [4.69, 9.17) is 21.3 Å². The van der Waals surface area contributed by atoms with E-state index >= 15 is 0 Å². The minimum Gasteiger partial charge on any atom is -0.495 e. The maximum Gasteiger partial charge on any atom is 0.137 e. The molecule has 3 aromatic rings. The van der Waals surface area contributed by atoms with Gasteiger partial charge in [-0.15, -0.1) is 0 Å². The minimum absolute atomic E-state index is 0.105. The first-order valence-electron chi connectivity index (χ1n) is 8.62. The Morgan fingerprint density at radius 3 is 2.77 bits per heavy atom. The van der Waals surface area contributed by atoms with Gasteiger partial charge >= 0.3 is 0 Å². The summed E-state index contributed by atoms with van der Waals surface area (Å²) in [5.41, 5.74) is 4.49. The number of imidazole rings is 1. The highest BCUT2D eigenvalue weighted by molar-refractivity contribution is 6.32. The Balaban J connectivity index is 1.93. The Bertz CT molecular complexity index is 905. The summed E-state index contributed by atoms with van der Waals surface area (Å²) in [5.74, 6) is 0.548. The monoisotopic (exact) mass is 373 g/mol. The Kier molecular flexibility index (Phi) is 5.81. The van der Waals surface area contributed by atoms with Crippen LogP contribution in [-0.2, 0) is 13.0 Å². The van der Waals surface area contributed by atoms with Crippen LogP contribution >= 0.6 is 11.6 Å². The summed E-state index contributed by atoms with van der Waals surface area (Å²) >= 11 is 6.27. The number of ether oxygens (including phenoxy) is 1. The summed E-state index contributed by atoms with van der Waals surface area (Å²) in [5, 5.41) is 10.2. The predicted octanol–water partition coefficient (Wildman–Crippen LogP) is 3.65. The van der Waals surface area contributed by atoms with Gasteiger partial charge in [0.2, 0.25) is 0 Å². The summed E-state index contributed by atoms with van der Waals surface area (Å²) in [4.78, 5) is 6.92. The number of halogens is 1. The summed E-state index contributed by atoms with van der Waals surface area (Å²) in [7, 11) is 5.73. The number of aromatic nitrogens is 2. The highest BCUT2D eigenvalue weighted by Crippen LogP contribution is 2.33. The minimum atomic E-state index is -0.105. The van der Waals surface area contributed by atoms with Gasteiger partial charge in [-0.25, -0.2) is 4.98 Å². The zero-order chi connectivity index (χ0) is 18.7. The summed E-state index contributed by atoms with van der Waals surface area (Å²) in [6, 6.07) is 7.80. The second kappa shape index (κ2) is 8.08. The third-order valence-electron chi connectivity index (χ3n) is 4.42. The maximum atomic E-state index is 9.71. The van der Waals surface area contributed by atoms with Crippen molar-refractivity contribution in [1.82, 2.24) is 14.3 Å². The zero-order valence-electron chi connectivity index (χ0n) is 15.4. The standard InChI is InChI=1S/C20H24ClN3O2/c1-23(2)7-4-5-14-6-8-24-12-18(22-20(24)9-14)16-11-17(21)19(26-3)10-15(16)13-25/h6,8-12,25H,4-5,7,13H2,1-3H3. The lowest BCUT2D eigenvalue weighted by atomic mass is 10.1. The number of benzene rings is 1. The topological polar surface area (TPSA) is 50.0 Å². The quantitative estimate of drug-likeness (QED) is 0.686. The normalized spacial score (nSPS) is 11.5. The van der Waals surface area contributed by atoms with Crippen LogP contribution in [-0.4, -0.2) is 47.1 Å². The van der Waals surface area contributed by atoms with Crippen LogP contribution in [0.25, 0.3) is 16.9 Å². The van der Waals surface area contributed by atoms with Gasteiger partial charge in [0, 0.05) is 18.0 Å². The number of hydrogen-bond donors (Lipinski definition) is 1. The number of aliphatic hydroxyl groups is 1. The van der Waals surface area contributed by atoms with E-state index in [9.17, 15) is 5.11 Å². The molecule has 0 radical (unpaired) electrons. The number of methoxy groups -OCH3 is 1. The van der Waals surface area contributed by atoms with Gasteiger partial charge in [0.25, 0.3) is 0 Å². The summed E-state index contributed by atoms with van der Waals surface area (Å²) in [6.07, 6.45) is 6.11. The third-order valence-corrected chi connectivity index (χ3v) is 4.71. The van der Waals surface area contributed by atoms with E-state index in [2.05, 4.69) is 31.1 Å². The van der Waals surface area contributed by atoms with E-state index in [1.165, 1.54) is 5.56 Å². The molecule has 0 aliphatic carbocycles. The van der Waals surface area contributed by atoms with Crippen molar-refractivity contribution in [2.45, 2.75) is 19.4 Å². The lowest BCUT2D eigenvalue weighted by Gasteiger charge is -2.09. The van der Waals surface area contributed by atoms with Crippen LogP contribution in [0.15, 0.2) is 36.7 Å². The molecule has 1 aromatic carbocycles. The highest BCUT2D eigenvalue weighted by Gasteiger charge is 2.13. The van der Waals surface area contributed by atoms with Crippen LogP contribution in [0.5, 0.6) is 5.75 Å². The summed E-state index contributed by atoms with van der Waals surface area (Å²) < 4.78 is 7.23. The largest absolute Gasteiger partial charge is 0.495 e. The molecule has 0 aliphatic rings. The fourth-order valence-corrected chi connectivity index (χ4v) is 3.27. The van der Waals surface area contributed by atoms with Crippen molar-refractivity contribution >= 4 is 17.2 Å². The van der Waals surface area contributed by atoms with Gasteiger partial charge in [-0.2, -0.15) is 0 Å². The Morgan fingerprint density at radius 1 is 1.27 bits per heavy atom. The number of pyridine rings is 1. The molecule has 0 fully saturated rings. The van der Waals surface area contributed by atoms with Gasteiger partial charge in [0.15, 0.2) is 0 Å². The molecule has 0 unspecified atom stereocenters. The number of rotatable bonds is 7. The average molecular weight is 374 g/mol. The number of hydrogen-bond acceptors (Lipinski definition) is 4. The molecule has 0 aliphatic heterocycles.